The lowest BCUT2D eigenvalue weighted by molar-refractivity contribution is -0.136. The summed E-state index contributed by atoms with van der Waals surface area (Å²) in [7, 11) is 0. The van der Waals surface area contributed by atoms with Crippen molar-refractivity contribution in [3.8, 4) is 0 Å². The number of aryl methyl sites for hydroxylation is 1. The summed E-state index contributed by atoms with van der Waals surface area (Å²) in [5, 5.41) is -0.0457. The molecule has 0 spiro atoms. The molecule has 0 aliphatic rings. The highest BCUT2D eigenvalue weighted by molar-refractivity contribution is 7.71. The van der Waals surface area contributed by atoms with Crippen molar-refractivity contribution in [1.29, 1.82) is 0 Å². The molecule has 1 aromatic heterocycles. The van der Waals surface area contributed by atoms with E-state index in [-0.39, 0.29) is 10.0 Å². The number of alkyl halides is 3. The summed E-state index contributed by atoms with van der Waals surface area (Å²) in [4.78, 5) is 6.60. The Morgan fingerprint density at radius 2 is 2.00 bits per heavy atom. The highest BCUT2D eigenvalue weighted by Gasteiger charge is 2.33. The number of hydrogen-bond donors (Lipinski definition) is 1. The van der Waals surface area contributed by atoms with Crippen LogP contribution in [0.15, 0.2) is 18.2 Å². The number of rotatable bonds is 0. The van der Waals surface area contributed by atoms with Gasteiger partial charge in [0.15, 0.2) is 0 Å². The lowest BCUT2D eigenvalue weighted by atomic mass is 10.1. The molecule has 0 saturated carbocycles. The first-order valence-corrected chi connectivity index (χ1v) is 4.87. The van der Waals surface area contributed by atoms with Crippen LogP contribution < -0.4 is 0 Å². The van der Waals surface area contributed by atoms with Crippen molar-refractivity contribution in [3.63, 3.8) is 0 Å². The maximum atomic E-state index is 12.7. The van der Waals surface area contributed by atoms with Crippen LogP contribution in [0.1, 0.15) is 11.4 Å². The van der Waals surface area contributed by atoms with E-state index in [4.69, 9.17) is 12.2 Å². The van der Waals surface area contributed by atoms with Crippen LogP contribution in [-0.2, 0) is 6.18 Å². The Morgan fingerprint density at radius 3 is 2.62 bits per heavy atom. The average molecular weight is 244 g/mol. The zero-order valence-electron chi connectivity index (χ0n) is 8.22. The molecule has 1 aromatic carbocycles. The second-order valence-electron chi connectivity index (χ2n) is 3.35. The van der Waals surface area contributed by atoms with Gasteiger partial charge in [-0.1, -0.05) is 18.3 Å². The first kappa shape index (κ1) is 11.1. The lowest BCUT2D eigenvalue weighted by Gasteiger charge is -2.10. The van der Waals surface area contributed by atoms with Gasteiger partial charge in [0.25, 0.3) is 0 Å². The van der Waals surface area contributed by atoms with Gasteiger partial charge in [-0.15, -0.1) is 0 Å². The minimum Gasteiger partial charge on any atom is -0.343 e. The van der Waals surface area contributed by atoms with Crippen molar-refractivity contribution in [1.82, 2.24) is 9.97 Å². The molecule has 0 amide bonds. The van der Waals surface area contributed by atoms with Crippen molar-refractivity contribution in [2.24, 2.45) is 0 Å². The molecule has 0 fully saturated rings. The fourth-order valence-corrected chi connectivity index (χ4v) is 1.91. The van der Waals surface area contributed by atoms with Crippen molar-refractivity contribution >= 4 is 23.1 Å². The van der Waals surface area contributed by atoms with Gasteiger partial charge in [-0.05, 0) is 19.1 Å². The number of nitrogens with one attached hydrogen (secondary N) is 1. The predicted octanol–water partition coefficient (Wildman–Crippen LogP) is 3.62. The van der Waals surface area contributed by atoms with E-state index in [1.54, 1.807) is 13.0 Å². The molecule has 1 heterocycles. The van der Waals surface area contributed by atoms with Crippen LogP contribution in [0.3, 0.4) is 0 Å². The minimum atomic E-state index is -4.42. The number of fused-ring (bicyclic) bond motifs is 1. The van der Waals surface area contributed by atoms with Gasteiger partial charge in [0.1, 0.15) is 10.5 Å². The predicted molar refractivity (Wildman–Crippen MR) is 56.7 cm³/mol. The number of halogens is 3. The molecule has 0 unspecified atom stereocenters. The van der Waals surface area contributed by atoms with Gasteiger partial charge in [0.2, 0.25) is 0 Å². The Labute approximate surface area is 94.1 Å². The number of hydrogen-bond acceptors (Lipinski definition) is 2. The highest BCUT2D eigenvalue weighted by Crippen LogP contribution is 2.34. The van der Waals surface area contributed by atoms with Crippen LogP contribution in [0, 0.1) is 11.6 Å². The second-order valence-corrected chi connectivity index (χ2v) is 3.74. The molecule has 16 heavy (non-hydrogen) atoms. The van der Waals surface area contributed by atoms with Gasteiger partial charge in [-0.2, -0.15) is 13.2 Å². The summed E-state index contributed by atoms with van der Waals surface area (Å²) in [5.74, 6) is 0.497. The van der Waals surface area contributed by atoms with E-state index < -0.39 is 11.7 Å². The number of benzene rings is 1. The zero-order chi connectivity index (χ0) is 11.9. The smallest absolute Gasteiger partial charge is 0.343 e. The maximum absolute atomic E-state index is 12.7. The molecule has 84 valence electrons. The quantitative estimate of drug-likeness (QED) is 0.717. The van der Waals surface area contributed by atoms with E-state index in [9.17, 15) is 13.2 Å². The molecule has 0 radical (unpaired) electrons. The second kappa shape index (κ2) is 3.55. The number of nitrogens with zero attached hydrogens (tertiary/aromatic N) is 1. The van der Waals surface area contributed by atoms with E-state index in [0.717, 1.165) is 6.07 Å². The Bertz CT molecular complexity index is 601. The number of aromatic nitrogens is 2. The number of aromatic amines is 1. The molecule has 0 atom stereocenters. The minimum absolute atomic E-state index is 0.0285. The normalized spacial score (nSPS) is 12.0. The third-order valence-corrected chi connectivity index (χ3v) is 2.46. The van der Waals surface area contributed by atoms with Crippen LogP contribution in [0.25, 0.3) is 10.9 Å². The van der Waals surface area contributed by atoms with E-state index in [0.29, 0.717) is 11.3 Å². The molecule has 0 bridgehead atoms. The van der Waals surface area contributed by atoms with Crippen LogP contribution in [0.2, 0.25) is 0 Å². The molecule has 0 aliphatic heterocycles. The molecular weight excluding hydrogens is 237 g/mol. The van der Waals surface area contributed by atoms with E-state index >= 15 is 0 Å². The Hall–Kier alpha value is -1.43. The van der Waals surface area contributed by atoms with Crippen molar-refractivity contribution in [3.05, 3.63) is 34.2 Å². The molecule has 2 rings (SSSR count). The largest absolute Gasteiger partial charge is 0.417 e. The van der Waals surface area contributed by atoms with E-state index in [1.807, 2.05) is 0 Å². The Morgan fingerprint density at radius 1 is 1.31 bits per heavy atom. The standard InChI is InChI=1S/C10H7F3N2S/c1-5-14-7-4-2-3-6(10(11,12)13)8(7)9(16)15-5/h2-4H,1H3,(H,14,15,16). The Kier molecular flexibility index (Phi) is 2.46. The van der Waals surface area contributed by atoms with Crippen LogP contribution in [-0.4, -0.2) is 9.97 Å². The summed E-state index contributed by atoms with van der Waals surface area (Å²) >= 11 is 4.87. The summed E-state index contributed by atoms with van der Waals surface area (Å²) in [5.41, 5.74) is -0.397. The van der Waals surface area contributed by atoms with Gasteiger partial charge in [0.05, 0.1) is 11.1 Å². The average Bonchev–Trinajstić information content (AvgIpc) is 2.14. The molecule has 1 N–H and O–H groups in total. The topological polar surface area (TPSA) is 28.7 Å². The third kappa shape index (κ3) is 1.80. The molecule has 6 heteroatoms. The van der Waals surface area contributed by atoms with E-state index in [1.165, 1.54) is 6.07 Å². The van der Waals surface area contributed by atoms with Gasteiger partial charge >= 0.3 is 6.18 Å². The molecule has 2 nitrogen and oxygen atoms in total. The lowest BCUT2D eigenvalue weighted by Crippen LogP contribution is -2.07. The summed E-state index contributed by atoms with van der Waals surface area (Å²) in [6.07, 6.45) is -4.42. The summed E-state index contributed by atoms with van der Waals surface area (Å²) in [6, 6.07) is 3.90. The molecule has 0 aliphatic carbocycles. The van der Waals surface area contributed by atoms with Gasteiger partial charge in [-0.3, -0.25) is 0 Å². The third-order valence-electron chi connectivity index (χ3n) is 2.17. The first-order chi connectivity index (χ1) is 7.39. The summed E-state index contributed by atoms with van der Waals surface area (Å²) in [6.45, 7) is 1.65. The summed E-state index contributed by atoms with van der Waals surface area (Å²) < 4.78 is 38.1. The number of H-pyrrole nitrogens is 1. The van der Waals surface area contributed by atoms with Gasteiger partial charge in [-0.25, -0.2) is 4.98 Å². The molecule has 0 saturated heterocycles. The van der Waals surface area contributed by atoms with Gasteiger partial charge in [0, 0.05) is 5.39 Å². The fourth-order valence-electron chi connectivity index (χ4n) is 1.55. The van der Waals surface area contributed by atoms with Crippen molar-refractivity contribution in [2.75, 3.05) is 0 Å². The zero-order valence-corrected chi connectivity index (χ0v) is 9.04. The SMILES string of the molecule is Cc1nc(=S)c2c(C(F)(F)F)cccc2[nH]1. The first-order valence-electron chi connectivity index (χ1n) is 4.46. The maximum Gasteiger partial charge on any atom is 0.417 e. The van der Waals surface area contributed by atoms with Crippen LogP contribution in [0.4, 0.5) is 13.2 Å². The van der Waals surface area contributed by atoms with Crippen molar-refractivity contribution < 1.29 is 13.2 Å². The highest BCUT2D eigenvalue weighted by atomic mass is 32.1. The fraction of sp³-hybridized carbons (Fsp3) is 0.200. The molecule has 2 aromatic rings. The van der Waals surface area contributed by atoms with Gasteiger partial charge < -0.3 is 4.98 Å². The Balaban J connectivity index is 2.93. The monoisotopic (exact) mass is 244 g/mol. The van der Waals surface area contributed by atoms with Crippen molar-refractivity contribution in [2.45, 2.75) is 13.1 Å². The van der Waals surface area contributed by atoms with E-state index in [2.05, 4.69) is 9.97 Å². The van der Waals surface area contributed by atoms with Crippen LogP contribution in [0.5, 0.6) is 0 Å². The molecular formula is C10H7F3N2S. The van der Waals surface area contributed by atoms with Crippen LogP contribution >= 0.6 is 12.2 Å².